The molecule has 1 aromatic rings. The van der Waals surface area contributed by atoms with Gasteiger partial charge in [-0.2, -0.15) is 0 Å². The number of nitrogens with zero attached hydrogens (tertiary/aromatic N) is 1. The molecule has 2 amide bonds. The molecule has 0 bridgehead atoms. The van der Waals surface area contributed by atoms with E-state index in [9.17, 15) is 4.79 Å². The van der Waals surface area contributed by atoms with Crippen LogP contribution in [0.4, 0.5) is 4.79 Å². The maximum atomic E-state index is 12.2. The van der Waals surface area contributed by atoms with Gasteiger partial charge < -0.3 is 15.3 Å². The highest BCUT2D eigenvalue weighted by Gasteiger charge is 2.25. The van der Waals surface area contributed by atoms with Crippen molar-refractivity contribution >= 4 is 6.03 Å². The van der Waals surface area contributed by atoms with Gasteiger partial charge >= 0.3 is 6.03 Å². The van der Waals surface area contributed by atoms with Crippen LogP contribution in [0.5, 0.6) is 0 Å². The first kappa shape index (κ1) is 15.8. The molecular formula is C17H26N2O2. The number of aliphatic hydroxyl groups excluding tert-OH is 1. The normalized spacial score (nSPS) is 18.5. The fourth-order valence-corrected chi connectivity index (χ4v) is 2.95. The third-order valence-electron chi connectivity index (χ3n) is 4.11. The number of carbonyl (C=O) groups excluding carboxylic acids is 1. The third-order valence-corrected chi connectivity index (χ3v) is 4.11. The number of hydrogen-bond acceptors (Lipinski definition) is 2. The average Bonchev–Trinajstić information content (AvgIpc) is 2.53. The summed E-state index contributed by atoms with van der Waals surface area (Å²) in [6.45, 7) is 1.67. The molecule has 1 aliphatic heterocycles. The molecule has 116 valence electrons. The number of carbonyl (C=O) groups is 1. The Morgan fingerprint density at radius 1 is 1.29 bits per heavy atom. The topological polar surface area (TPSA) is 52.6 Å². The Bertz CT molecular complexity index is 420. The number of likely N-dealkylation sites (tertiary alicyclic amines) is 1. The molecule has 4 nitrogen and oxygen atoms in total. The summed E-state index contributed by atoms with van der Waals surface area (Å²) < 4.78 is 0. The fourth-order valence-electron chi connectivity index (χ4n) is 2.95. The molecule has 0 saturated carbocycles. The van der Waals surface area contributed by atoms with E-state index in [2.05, 4.69) is 17.4 Å². The molecule has 1 aromatic carbocycles. The van der Waals surface area contributed by atoms with Gasteiger partial charge in [-0.1, -0.05) is 30.3 Å². The van der Waals surface area contributed by atoms with Crippen LogP contribution in [0.3, 0.4) is 0 Å². The number of rotatable bonds is 6. The van der Waals surface area contributed by atoms with Gasteiger partial charge in [-0.3, -0.25) is 0 Å². The van der Waals surface area contributed by atoms with Gasteiger partial charge in [0.15, 0.2) is 0 Å². The fraction of sp³-hybridized carbons (Fsp3) is 0.588. The first-order chi connectivity index (χ1) is 10.3. The van der Waals surface area contributed by atoms with Crippen molar-refractivity contribution < 1.29 is 9.90 Å². The van der Waals surface area contributed by atoms with E-state index in [1.54, 1.807) is 0 Å². The lowest BCUT2D eigenvalue weighted by molar-refractivity contribution is 0.132. The first-order valence-electron chi connectivity index (χ1n) is 8.00. The summed E-state index contributed by atoms with van der Waals surface area (Å²) in [6.07, 6.45) is 5.87. The molecule has 21 heavy (non-hydrogen) atoms. The molecule has 0 unspecified atom stereocenters. The number of urea groups is 1. The number of benzene rings is 1. The van der Waals surface area contributed by atoms with Crippen molar-refractivity contribution in [3.63, 3.8) is 0 Å². The number of hydrogen-bond donors (Lipinski definition) is 2. The van der Waals surface area contributed by atoms with E-state index >= 15 is 0 Å². The number of nitrogens with one attached hydrogen (secondary N) is 1. The van der Waals surface area contributed by atoms with Crippen molar-refractivity contribution in [3.8, 4) is 0 Å². The Morgan fingerprint density at radius 2 is 2.10 bits per heavy atom. The summed E-state index contributed by atoms with van der Waals surface area (Å²) in [4.78, 5) is 14.1. The Labute approximate surface area is 127 Å². The minimum absolute atomic E-state index is 0.0289. The van der Waals surface area contributed by atoms with Crippen molar-refractivity contribution in [1.82, 2.24) is 10.2 Å². The average molecular weight is 290 g/mol. The lowest BCUT2D eigenvalue weighted by Gasteiger charge is -2.35. The minimum Gasteiger partial charge on any atom is -0.396 e. The van der Waals surface area contributed by atoms with E-state index in [0.717, 1.165) is 38.6 Å². The van der Waals surface area contributed by atoms with Gasteiger partial charge in [0, 0.05) is 25.7 Å². The van der Waals surface area contributed by atoms with Crippen LogP contribution in [0.1, 0.15) is 37.7 Å². The highest BCUT2D eigenvalue weighted by atomic mass is 16.3. The minimum atomic E-state index is 0.0289. The molecular weight excluding hydrogens is 264 g/mol. The van der Waals surface area contributed by atoms with Crippen molar-refractivity contribution in [2.45, 2.75) is 44.6 Å². The number of piperidine rings is 1. The molecule has 1 fully saturated rings. The van der Waals surface area contributed by atoms with E-state index < -0.39 is 0 Å². The lowest BCUT2D eigenvalue weighted by atomic mass is 10.0. The molecule has 4 heteroatoms. The summed E-state index contributed by atoms with van der Waals surface area (Å²) in [5.74, 6) is 0. The number of aliphatic hydroxyl groups is 1. The van der Waals surface area contributed by atoms with Crippen LogP contribution in [-0.2, 0) is 6.42 Å². The third kappa shape index (κ3) is 5.05. The van der Waals surface area contributed by atoms with Crippen LogP contribution in [0.15, 0.2) is 30.3 Å². The van der Waals surface area contributed by atoms with Crippen LogP contribution < -0.4 is 5.32 Å². The zero-order valence-corrected chi connectivity index (χ0v) is 12.6. The largest absolute Gasteiger partial charge is 0.396 e. The zero-order valence-electron chi connectivity index (χ0n) is 12.6. The Hall–Kier alpha value is -1.55. The van der Waals surface area contributed by atoms with Crippen LogP contribution in [0.2, 0.25) is 0 Å². The summed E-state index contributed by atoms with van der Waals surface area (Å²) in [5, 5.41) is 12.1. The van der Waals surface area contributed by atoms with Crippen molar-refractivity contribution in [1.29, 1.82) is 0 Å². The first-order valence-corrected chi connectivity index (χ1v) is 8.00. The van der Waals surface area contributed by atoms with Crippen LogP contribution in [0.25, 0.3) is 0 Å². The summed E-state index contributed by atoms with van der Waals surface area (Å²) in [5.41, 5.74) is 1.31. The van der Waals surface area contributed by atoms with Crippen molar-refractivity contribution in [2.75, 3.05) is 19.7 Å². The summed E-state index contributed by atoms with van der Waals surface area (Å²) in [7, 11) is 0. The highest BCUT2D eigenvalue weighted by Crippen LogP contribution is 2.19. The second kappa shape index (κ2) is 8.67. The van der Waals surface area contributed by atoms with Crippen molar-refractivity contribution in [2.24, 2.45) is 0 Å². The van der Waals surface area contributed by atoms with E-state index in [-0.39, 0.29) is 18.7 Å². The second-order valence-corrected chi connectivity index (χ2v) is 5.68. The molecule has 1 aliphatic rings. The maximum Gasteiger partial charge on any atom is 0.317 e. The second-order valence-electron chi connectivity index (χ2n) is 5.68. The van der Waals surface area contributed by atoms with Gasteiger partial charge in [-0.15, -0.1) is 0 Å². The van der Waals surface area contributed by atoms with Gasteiger partial charge in [-0.05, 0) is 44.1 Å². The molecule has 2 rings (SSSR count). The molecule has 2 N–H and O–H groups in total. The van der Waals surface area contributed by atoms with Gasteiger partial charge in [0.25, 0.3) is 0 Å². The van der Waals surface area contributed by atoms with E-state index in [1.165, 1.54) is 5.56 Å². The lowest BCUT2D eigenvalue weighted by Crippen LogP contribution is -2.49. The molecule has 0 aromatic heterocycles. The number of aryl methyl sites for hydroxylation is 1. The van der Waals surface area contributed by atoms with Crippen molar-refractivity contribution in [3.05, 3.63) is 35.9 Å². The Kier molecular flexibility index (Phi) is 6.54. The standard InChI is InChI=1S/C17H26N2O2/c20-14-11-16-10-4-5-13-19(16)17(21)18-12-6-9-15-7-2-1-3-8-15/h1-3,7-8,16,20H,4-6,9-14H2,(H,18,21)/t16-/m1/s1. The highest BCUT2D eigenvalue weighted by molar-refractivity contribution is 5.74. The molecule has 1 atom stereocenters. The van der Waals surface area contributed by atoms with Gasteiger partial charge in [0.05, 0.1) is 0 Å². The van der Waals surface area contributed by atoms with E-state index in [0.29, 0.717) is 13.0 Å². The molecule has 1 heterocycles. The molecule has 1 saturated heterocycles. The molecule has 0 aliphatic carbocycles. The smallest absolute Gasteiger partial charge is 0.317 e. The summed E-state index contributed by atoms with van der Waals surface area (Å²) >= 11 is 0. The van der Waals surface area contributed by atoms with Crippen LogP contribution in [0, 0.1) is 0 Å². The summed E-state index contributed by atoms with van der Waals surface area (Å²) in [6, 6.07) is 10.6. The Balaban J connectivity index is 1.70. The van der Waals surface area contributed by atoms with E-state index in [1.807, 2.05) is 23.1 Å². The van der Waals surface area contributed by atoms with Crippen LogP contribution in [-0.4, -0.2) is 41.8 Å². The molecule has 0 spiro atoms. The predicted molar refractivity (Wildman–Crippen MR) is 84.2 cm³/mol. The molecule has 0 radical (unpaired) electrons. The van der Waals surface area contributed by atoms with Gasteiger partial charge in [0.2, 0.25) is 0 Å². The Morgan fingerprint density at radius 3 is 2.86 bits per heavy atom. The quantitative estimate of drug-likeness (QED) is 0.791. The van der Waals surface area contributed by atoms with E-state index in [4.69, 9.17) is 5.11 Å². The van der Waals surface area contributed by atoms with Gasteiger partial charge in [0.1, 0.15) is 0 Å². The SMILES string of the molecule is O=C(NCCCc1ccccc1)N1CCCC[C@@H]1CCO. The number of amides is 2. The van der Waals surface area contributed by atoms with Crippen LogP contribution >= 0.6 is 0 Å². The zero-order chi connectivity index (χ0) is 14.9. The monoisotopic (exact) mass is 290 g/mol. The maximum absolute atomic E-state index is 12.2. The van der Waals surface area contributed by atoms with Gasteiger partial charge in [-0.25, -0.2) is 4.79 Å². The predicted octanol–water partition coefficient (Wildman–Crippen LogP) is 2.57.